The zero-order chi connectivity index (χ0) is 19.1. The number of hydrogen-bond acceptors (Lipinski definition) is 4. The van der Waals surface area contributed by atoms with Crippen molar-refractivity contribution in [3.63, 3.8) is 0 Å². The van der Waals surface area contributed by atoms with Gasteiger partial charge in [0.1, 0.15) is 12.4 Å². The lowest BCUT2D eigenvalue weighted by Crippen LogP contribution is -2.45. The number of rotatable bonds is 7. The van der Waals surface area contributed by atoms with Gasteiger partial charge in [0, 0.05) is 24.5 Å². The van der Waals surface area contributed by atoms with Gasteiger partial charge in [-0.25, -0.2) is 4.99 Å². The topological polar surface area (TPSA) is 67.1 Å². The van der Waals surface area contributed by atoms with Crippen LogP contribution in [0.15, 0.2) is 22.5 Å². The van der Waals surface area contributed by atoms with E-state index in [1.807, 2.05) is 18.5 Å². The second-order valence-corrected chi connectivity index (χ2v) is 8.46. The number of aryl methyl sites for hydroxylation is 1. The summed E-state index contributed by atoms with van der Waals surface area (Å²) in [5.74, 6) is 3.54. The van der Waals surface area contributed by atoms with Crippen LogP contribution in [0.5, 0.6) is 0 Å². The Labute approximate surface area is 189 Å². The van der Waals surface area contributed by atoms with Gasteiger partial charge in [-0.2, -0.15) is 0 Å². The third-order valence-corrected chi connectivity index (χ3v) is 6.44. The van der Waals surface area contributed by atoms with Gasteiger partial charge in [-0.1, -0.05) is 32.3 Å². The first kappa shape index (κ1) is 23.1. The molecule has 1 aliphatic carbocycles. The highest BCUT2D eigenvalue weighted by molar-refractivity contribution is 14.0. The van der Waals surface area contributed by atoms with Crippen LogP contribution >= 0.6 is 35.3 Å². The standard InChI is InChI=1S/C20H32N6S.HI/c1-4-16-7-5-8-17(13-16)23-20(21-11-10-18-9-6-12-27-18)22-14-19-25-24-15(2)26(19)3;/h6,9,12,16-17H,4-5,7-8,10-11,13-14H2,1-3H3,(H2,21,22,23);1H. The molecule has 28 heavy (non-hydrogen) atoms. The third kappa shape index (κ3) is 6.72. The highest BCUT2D eigenvalue weighted by Gasteiger charge is 2.21. The van der Waals surface area contributed by atoms with Crippen LogP contribution in [-0.4, -0.2) is 33.3 Å². The van der Waals surface area contributed by atoms with Crippen molar-refractivity contribution in [3.05, 3.63) is 34.0 Å². The number of thiophene rings is 1. The summed E-state index contributed by atoms with van der Waals surface area (Å²) in [5, 5.41) is 17.7. The van der Waals surface area contributed by atoms with Crippen molar-refractivity contribution >= 4 is 41.3 Å². The van der Waals surface area contributed by atoms with E-state index in [0.29, 0.717) is 12.6 Å². The zero-order valence-corrected chi connectivity index (χ0v) is 20.3. The summed E-state index contributed by atoms with van der Waals surface area (Å²) in [4.78, 5) is 6.20. The second-order valence-electron chi connectivity index (χ2n) is 7.43. The molecule has 2 heterocycles. The van der Waals surface area contributed by atoms with Gasteiger partial charge in [-0.3, -0.25) is 0 Å². The molecule has 2 N–H and O–H groups in total. The van der Waals surface area contributed by atoms with E-state index in [1.54, 1.807) is 11.3 Å². The molecule has 2 unspecified atom stereocenters. The average molecular weight is 516 g/mol. The van der Waals surface area contributed by atoms with Gasteiger partial charge < -0.3 is 15.2 Å². The van der Waals surface area contributed by atoms with Crippen LogP contribution in [0.4, 0.5) is 0 Å². The molecule has 0 radical (unpaired) electrons. The summed E-state index contributed by atoms with van der Waals surface area (Å²) >= 11 is 1.81. The van der Waals surface area contributed by atoms with Gasteiger partial charge >= 0.3 is 0 Å². The fourth-order valence-corrected chi connectivity index (χ4v) is 4.35. The van der Waals surface area contributed by atoms with Crippen molar-refractivity contribution < 1.29 is 0 Å². The average Bonchev–Trinajstić information content (AvgIpc) is 3.31. The van der Waals surface area contributed by atoms with Crippen LogP contribution < -0.4 is 10.6 Å². The predicted octanol–water partition coefficient (Wildman–Crippen LogP) is 4.05. The van der Waals surface area contributed by atoms with Crippen molar-refractivity contribution in [2.45, 2.75) is 65.0 Å². The van der Waals surface area contributed by atoms with Gasteiger partial charge in [0.2, 0.25) is 0 Å². The van der Waals surface area contributed by atoms with E-state index in [0.717, 1.165) is 36.5 Å². The molecule has 0 saturated heterocycles. The summed E-state index contributed by atoms with van der Waals surface area (Å²) < 4.78 is 2.00. The van der Waals surface area contributed by atoms with Crippen molar-refractivity contribution in [2.24, 2.45) is 18.0 Å². The van der Waals surface area contributed by atoms with Crippen molar-refractivity contribution in [2.75, 3.05) is 6.54 Å². The van der Waals surface area contributed by atoms with Gasteiger partial charge in [0.25, 0.3) is 0 Å². The molecule has 6 nitrogen and oxygen atoms in total. The Kier molecular flexibility index (Phi) is 9.70. The second kappa shape index (κ2) is 11.7. The number of nitrogens with one attached hydrogen (secondary N) is 2. The SMILES string of the molecule is CCC1CCCC(NC(=NCc2nnc(C)n2C)NCCc2cccs2)C1.I. The summed E-state index contributed by atoms with van der Waals surface area (Å²) in [6.45, 7) is 5.69. The predicted molar refractivity (Wildman–Crippen MR) is 127 cm³/mol. The van der Waals surface area contributed by atoms with Gasteiger partial charge in [0.05, 0.1) is 0 Å². The summed E-state index contributed by atoms with van der Waals surface area (Å²) in [5.41, 5.74) is 0. The first-order valence-electron chi connectivity index (χ1n) is 10.1. The molecule has 2 aromatic rings. The molecular weight excluding hydrogens is 483 g/mol. The molecule has 0 amide bonds. The van der Waals surface area contributed by atoms with Gasteiger partial charge in [0.15, 0.2) is 11.8 Å². The Morgan fingerprint density at radius 3 is 2.89 bits per heavy atom. The molecule has 0 bridgehead atoms. The van der Waals surface area contributed by atoms with E-state index >= 15 is 0 Å². The minimum Gasteiger partial charge on any atom is -0.356 e. The normalized spacial score (nSPS) is 19.9. The minimum atomic E-state index is 0. The Hall–Kier alpha value is -1.16. The minimum absolute atomic E-state index is 0. The zero-order valence-electron chi connectivity index (χ0n) is 17.1. The summed E-state index contributed by atoms with van der Waals surface area (Å²) in [6.07, 6.45) is 7.43. The molecule has 1 aliphatic rings. The number of nitrogens with zero attached hydrogens (tertiary/aromatic N) is 4. The van der Waals surface area contributed by atoms with Crippen molar-refractivity contribution in [1.29, 1.82) is 0 Å². The van der Waals surface area contributed by atoms with E-state index < -0.39 is 0 Å². The Morgan fingerprint density at radius 1 is 1.36 bits per heavy atom. The molecule has 3 rings (SSSR count). The number of aliphatic imine (C=N–C) groups is 1. The molecule has 156 valence electrons. The van der Waals surface area contributed by atoms with E-state index in [4.69, 9.17) is 4.99 Å². The van der Waals surface area contributed by atoms with E-state index in [9.17, 15) is 0 Å². The largest absolute Gasteiger partial charge is 0.356 e. The summed E-state index contributed by atoms with van der Waals surface area (Å²) in [6, 6.07) is 4.81. The lowest BCUT2D eigenvalue weighted by molar-refractivity contribution is 0.298. The Morgan fingerprint density at radius 2 is 2.21 bits per heavy atom. The monoisotopic (exact) mass is 516 g/mol. The van der Waals surface area contributed by atoms with E-state index in [2.05, 4.69) is 45.3 Å². The van der Waals surface area contributed by atoms with Crippen LogP contribution in [-0.2, 0) is 20.0 Å². The molecule has 0 aromatic carbocycles. The highest BCUT2D eigenvalue weighted by Crippen LogP contribution is 2.26. The van der Waals surface area contributed by atoms with Crippen molar-refractivity contribution in [1.82, 2.24) is 25.4 Å². The number of hydrogen-bond donors (Lipinski definition) is 2. The number of guanidine groups is 1. The first-order chi connectivity index (χ1) is 13.2. The van der Waals surface area contributed by atoms with Crippen LogP contribution in [0, 0.1) is 12.8 Å². The number of halogens is 1. The third-order valence-electron chi connectivity index (χ3n) is 5.51. The van der Waals surface area contributed by atoms with E-state index in [1.165, 1.54) is 37.0 Å². The molecule has 1 saturated carbocycles. The quantitative estimate of drug-likeness (QED) is 0.331. The maximum absolute atomic E-state index is 4.81. The summed E-state index contributed by atoms with van der Waals surface area (Å²) in [7, 11) is 1.99. The van der Waals surface area contributed by atoms with Crippen LogP contribution in [0.3, 0.4) is 0 Å². The Balaban J connectivity index is 0.00000280. The first-order valence-corrected chi connectivity index (χ1v) is 11.0. The molecule has 0 spiro atoms. The van der Waals surface area contributed by atoms with Crippen LogP contribution in [0.2, 0.25) is 0 Å². The molecule has 8 heteroatoms. The number of aromatic nitrogens is 3. The highest BCUT2D eigenvalue weighted by atomic mass is 127. The van der Waals surface area contributed by atoms with Gasteiger partial charge in [-0.15, -0.1) is 45.5 Å². The van der Waals surface area contributed by atoms with Crippen LogP contribution in [0.25, 0.3) is 0 Å². The molecule has 1 fully saturated rings. The lowest BCUT2D eigenvalue weighted by Gasteiger charge is -2.30. The molecule has 2 aromatic heterocycles. The molecule has 0 aliphatic heterocycles. The van der Waals surface area contributed by atoms with Gasteiger partial charge in [-0.05, 0) is 43.6 Å². The molecule has 2 atom stereocenters. The lowest BCUT2D eigenvalue weighted by atomic mass is 9.84. The maximum atomic E-state index is 4.81. The fraction of sp³-hybridized carbons (Fsp3) is 0.650. The van der Waals surface area contributed by atoms with E-state index in [-0.39, 0.29) is 24.0 Å². The molecular formula is C20H33IN6S. The maximum Gasteiger partial charge on any atom is 0.191 e. The van der Waals surface area contributed by atoms with Crippen molar-refractivity contribution in [3.8, 4) is 0 Å². The Bertz CT molecular complexity index is 727. The smallest absolute Gasteiger partial charge is 0.191 e. The fourth-order valence-electron chi connectivity index (χ4n) is 3.64. The van der Waals surface area contributed by atoms with Crippen LogP contribution in [0.1, 0.15) is 55.6 Å².